The maximum Gasteiger partial charge on any atom is 0.658 e. The number of rotatable bonds is 2. The molecule has 2 rings (SSSR count). The molecular weight excluding hydrogens is 268 g/mol. The summed E-state index contributed by atoms with van der Waals surface area (Å²) < 4.78 is 66.8. The van der Waals surface area contributed by atoms with Crippen molar-refractivity contribution in [2.24, 2.45) is 0 Å². The molecule has 0 radical (unpaired) electrons. The molecule has 0 atom stereocenters. The Bertz CT molecular complexity index is 614. The van der Waals surface area contributed by atoms with Gasteiger partial charge in [0.2, 0.25) is 6.20 Å². The van der Waals surface area contributed by atoms with Crippen LogP contribution in [0.25, 0.3) is 10.9 Å². The van der Waals surface area contributed by atoms with Gasteiger partial charge in [-0.25, -0.2) is 13.2 Å². The summed E-state index contributed by atoms with van der Waals surface area (Å²) in [6.45, 7) is -4.39. The highest BCUT2D eigenvalue weighted by Crippen LogP contribution is 2.29. The number of benzene rings is 1. The van der Waals surface area contributed by atoms with Crippen molar-refractivity contribution in [3.05, 3.63) is 42.1 Å². The van der Waals surface area contributed by atoms with Crippen molar-refractivity contribution in [1.82, 2.24) is 0 Å². The van der Waals surface area contributed by atoms with Crippen LogP contribution in [-0.2, 0) is 0 Å². The van der Waals surface area contributed by atoms with Gasteiger partial charge in [-0.15, -0.1) is 0 Å². The molecule has 19 heavy (non-hydrogen) atoms. The van der Waals surface area contributed by atoms with Crippen LogP contribution in [0.2, 0.25) is 0 Å². The Hall–Kier alpha value is -1.86. The van der Waals surface area contributed by atoms with E-state index in [0.29, 0.717) is 15.7 Å². The van der Waals surface area contributed by atoms with Crippen molar-refractivity contribution in [2.45, 2.75) is 13.0 Å². The molecule has 2 aromatic rings. The molecule has 0 saturated heterocycles. The highest BCUT2D eigenvalue weighted by Gasteiger charge is 2.60. The summed E-state index contributed by atoms with van der Waals surface area (Å²) in [5.41, 5.74) is 0.645. The smallest absolute Gasteiger partial charge is 0.432 e. The summed E-state index contributed by atoms with van der Waals surface area (Å²) in [5, 5.41) is 0.510. The van der Waals surface area contributed by atoms with E-state index in [9.17, 15) is 21.8 Å². The molecule has 0 unspecified atom stereocenters. The molecule has 0 saturated carbocycles. The zero-order chi connectivity index (χ0) is 14.3. The third-order valence-corrected chi connectivity index (χ3v) is 2.51. The minimum absolute atomic E-state index is 0.138. The van der Waals surface area contributed by atoms with Crippen LogP contribution in [0.4, 0.5) is 21.8 Å². The van der Waals surface area contributed by atoms with Crippen molar-refractivity contribution in [2.75, 3.05) is 0 Å². The SMILES string of the molecule is Cc1cc2ccccc2[n+](O[B-](F)(F)C(F)(F)F)c1. The summed E-state index contributed by atoms with van der Waals surface area (Å²) >= 11 is 0. The molecule has 0 N–H and O–H groups in total. The quantitative estimate of drug-likeness (QED) is 0.467. The summed E-state index contributed by atoms with van der Waals surface area (Å²) in [5.74, 6) is 0. The first kappa shape index (κ1) is 13.6. The summed E-state index contributed by atoms with van der Waals surface area (Å²) in [7, 11) is 0. The fourth-order valence-electron chi connectivity index (χ4n) is 1.64. The van der Waals surface area contributed by atoms with E-state index >= 15 is 0 Å². The third kappa shape index (κ3) is 2.62. The van der Waals surface area contributed by atoms with Crippen molar-refractivity contribution in [3.63, 3.8) is 0 Å². The molecular formula is C11H9BF5NO. The molecule has 1 aromatic carbocycles. The van der Waals surface area contributed by atoms with Crippen molar-refractivity contribution in [3.8, 4) is 0 Å². The van der Waals surface area contributed by atoms with Gasteiger partial charge in [0.15, 0.2) is 0 Å². The first-order valence-corrected chi connectivity index (χ1v) is 5.39. The van der Waals surface area contributed by atoms with Gasteiger partial charge in [-0.1, -0.05) is 12.1 Å². The number of alkyl halides is 3. The van der Waals surface area contributed by atoms with Crippen LogP contribution in [0, 0.1) is 6.92 Å². The van der Waals surface area contributed by atoms with Gasteiger partial charge >= 0.3 is 13.0 Å². The molecule has 0 amide bonds. The van der Waals surface area contributed by atoms with Crippen LogP contribution in [0.3, 0.4) is 0 Å². The Kier molecular flexibility index (Phi) is 3.11. The zero-order valence-corrected chi connectivity index (χ0v) is 9.79. The van der Waals surface area contributed by atoms with E-state index in [-0.39, 0.29) is 5.52 Å². The van der Waals surface area contributed by atoms with Gasteiger partial charge in [-0.05, 0) is 23.8 Å². The van der Waals surface area contributed by atoms with Gasteiger partial charge in [0, 0.05) is 11.6 Å². The maximum absolute atomic E-state index is 13.0. The highest BCUT2D eigenvalue weighted by atomic mass is 19.4. The lowest BCUT2D eigenvalue weighted by molar-refractivity contribution is -0.847. The number of hydrogen-bond donors (Lipinski definition) is 0. The summed E-state index contributed by atoms with van der Waals surface area (Å²) in [4.78, 5) is 0. The second-order valence-electron chi connectivity index (χ2n) is 4.15. The predicted octanol–water partition coefficient (Wildman–Crippen LogP) is 2.84. The average molecular weight is 277 g/mol. The molecule has 1 heterocycles. The highest BCUT2D eigenvalue weighted by molar-refractivity contribution is 6.61. The lowest BCUT2D eigenvalue weighted by atomic mass is 9.87. The van der Waals surface area contributed by atoms with Gasteiger partial charge in [0.05, 0.1) is 5.39 Å². The fraction of sp³-hybridized carbons (Fsp3) is 0.182. The minimum atomic E-state index is -5.96. The number of hydrogen-bond acceptors (Lipinski definition) is 1. The van der Waals surface area contributed by atoms with Crippen LogP contribution < -0.4 is 9.49 Å². The largest absolute Gasteiger partial charge is 0.658 e. The van der Waals surface area contributed by atoms with Gasteiger partial charge in [-0.3, -0.25) is 0 Å². The first-order valence-electron chi connectivity index (χ1n) is 5.39. The Morgan fingerprint density at radius 2 is 1.79 bits per heavy atom. The standard InChI is InChI=1S/C11H9BF5NO/c1-8-6-9-4-2-3-5-10(9)18(7-8)19-12(16,17)11(13,14)15/h2-7H,1H3. The number of aromatic nitrogens is 1. The van der Waals surface area contributed by atoms with Crippen LogP contribution >= 0.6 is 0 Å². The van der Waals surface area contributed by atoms with Crippen LogP contribution in [-0.4, -0.2) is 13.0 Å². The van der Waals surface area contributed by atoms with E-state index in [4.69, 9.17) is 0 Å². The molecule has 0 fully saturated rings. The molecule has 0 aliphatic carbocycles. The van der Waals surface area contributed by atoms with Crippen molar-refractivity contribution >= 4 is 17.8 Å². The number of nitrogens with zero attached hydrogens (tertiary/aromatic N) is 1. The molecule has 2 nitrogen and oxygen atoms in total. The van der Waals surface area contributed by atoms with Gasteiger partial charge in [0.25, 0.3) is 5.52 Å². The van der Waals surface area contributed by atoms with E-state index in [1.54, 1.807) is 25.1 Å². The van der Waals surface area contributed by atoms with E-state index in [1.165, 1.54) is 12.1 Å². The predicted molar refractivity (Wildman–Crippen MR) is 59.5 cm³/mol. The van der Waals surface area contributed by atoms with E-state index < -0.39 is 13.0 Å². The topological polar surface area (TPSA) is 13.1 Å². The molecule has 0 bridgehead atoms. The number of para-hydroxylation sites is 1. The Morgan fingerprint density at radius 3 is 2.42 bits per heavy atom. The average Bonchev–Trinajstić information content (AvgIpc) is 2.26. The van der Waals surface area contributed by atoms with Crippen molar-refractivity contribution < 1.29 is 31.3 Å². The number of halogens is 5. The minimum Gasteiger partial charge on any atom is -0.432 e. The number of aryl methyl sites for hydroxylation is 1. The maximum atomic E-state index is 13.0. The lowest BCUT2D eigenvalue weighted by Gasteiger charge is -2.23. The monoisotopic (exact) mass is 277 g/mol. The molecule has 1 aromatic heterocycles. The number of fused-ring (bicyclic) bond motifs is 1. The molecule has 0 aliphatic rings. The summed E-state index contributed by atoms with van der Waals surface area (Å²) in [6, 6.07) is 7.83. The van der Waals surface area contributed by atoms with Crippen LogP contribution in [0.1, 0.15) is 5.56 Å². The Balaban J connectivity index is 2.52. The zero-order valence-electron chi connectivity index (χ0n) is 9.79. The van der Waals surface area contributed by atoms with Crippen LogP contribution in [0.5, 0.6) is 0 Å². The Labute approximate surface area is 105 Å². The van der Waals surface area contributed by atoms with E-state index in [1.807, 2.05) is 0 Å². The molecule has 0 spiro atoms. The van der Waals surface area contributed by atoms with Gasteiger partial charge in [-0.2, -0.15) is 0 Å². The third-order valence-electron chi connectivity index (χ3n) is 2.51. The van der Waals surface area contributed by atoms with Gasteiger partial charge < -0.3 is 13.4 Å². The van der Waals surface area contributed by atoms with Crippen LogP contribution in [0.15, 0.2) is 36.5 Å². The second-order valence-corrected chi connectivity index (χ2v) is 4.15. The first-order chi connectivity index (χ1) is 8.71. The van der Waals surface area contributed by atoms with Crippen molar-refractivity contribution in [1.29, 1.82) is 0 Å². The molecule has 102 valence electrons. The molecule has 0 aliphatic heterocycles. The fourth-order valence-corrected chi connectivity index (χ4v) is 1.64. The van der Waals surface area contributed by atoms with E-state index in [0.717, 1.165) is 6.20 Å². The number of pyridine rings is 1. The molecule has 8 heteroatoms. The summed E-state index contributed by atoms with van der Waals surface area (Å²) in [6.07, 6.45) is -4.62. The Morgan fingerprint density at radius 1 is 1.16 bits per heavy atom. The lowest BCUT2D eigenvalue weighted by Crippen LogP contribution is -2.62. The van der Waals surface area contributed by atoms with E-state index in [2.05, 4.69) is 4.76 Å². The second kappa shape index (κ2) is 4.36. The normalized spacial score (nSPS) is 12.7. The van der Waals surface area contributed by atoms with Gasteiger partial charge in [0.1, 0.15) is 0 Å².